The van der Waals surface area contributed by atoms with Gasteiger partial charge in [-0.15, -0.1) is 0 Å². The lowest BCUT2D eigenvalue weighted by atomic mass is 9.97. The number of carboxylic acid groups (broad SMARTS) is 1. The van der Waals surface area contributed by atoms with Crippen LogP contribution < -0.4 is 5.32 Å². The summed E-state index contributed by atoms with van der Waals surface area (Å²) >= 11 is 0. The fourth-order valence-electron chi connectivity index (χ4n) is 1.38. The molecule has 0 aliphatic heterocycles. The average molecular weight is 201 g/mol. The molecule has 0 aromatic carbocycles. The molecule has 84 valence electrons. The Labute approximate surface area is 86.9 Å². The minimum absolute atomic E-state index is 0.213. The molecule has 2 unspecified atom stereocenters. The predicted octanol–water partition coefficient (Wildman–Crippen LogP) is 2.27. The van der Waals surface area contributed by atoms with Gasteiger partial charge in [0.15, 0.2) is 0 Å². The molecule has 0 aliphatic carbocycles. The van der Waals surface area contributed by atoms with Crippen LogP contribution in [0.5, 0.6) is 0 Å². The van der Waals surface area contributed by atoms with E-state index in [9.17, 15) is 4.79 Å². The molecule has 2 atom stereocenters. The maximum absolute atomic E-state index is 10.3. The molecule has 0 radical (unpaired) electrons. The Balaban J connectivity index is 3.50. The lowest BCUT2D eigenvalue weighted by Crippen LogP contribution is -2.33. The molecule has 0 fully saturated rings. The zero-order valence-electron chi connectivity index (χ0n) is 9.55. The Hall–Kier alpha value is -0.570. The maximum atomic E-state index is 10.3. The van der Waals surface area contributed by atoms with E-state index in [4.69, 9.17) is 5.11 Å². The van der Waals surface area contributed by atoms with Crippen molar-refractivity contribution in [2.24, 2.45) is 5.92 Å². The fourth-order valence-corrected chi connectivity index (χ4v) is 1.38. The summed E-state index contributed by atoms with van der Waals surface area (Å²) in [5, 5.41) is 11.7. The lowest BCUT2D eigenvalue weighted by molar-refractivity contribution is -0.136. The third-order valence-electron chi connectivity index (χ3n) is 2.67. The van der Waals surface area contributed by atoms with E-state index in [1.165, 1.54) is 19.3 Å². The van der Waals surface area contributed by atoms with Gasteiger partial charge in [0.25, 0.3) is 0 Å². The number of carbonyl (C=O) groups is 1. The molecular formula is C11H23NO2. The van der Waals surface area contributed by atoms with Gasteiger partial charge in [0, 0.05) is 12.6 Å². The zero-order chi connectivity index (χ0) is 11.0. The van der Waals surface area contributed by atoms with E-state index in [1.807, 2.05) is 0 Å². The molecule has 0 aromatic heterocycles. The largest absolute Gasteiger partial charge is 0.481 e. The van der Waals surface area contributed by atoms with Gasteiger partial charge >= 0.3 is 5.97 Å². The summed E-state index contributed by atoms with van der Waals surface area (Å²) in [6.45, 7) is 7.11. The highest BCUT2D eigenvalue weighted by Gasteiger charge is 2.10. The van der Waals surface area contributed by atoms with Gasteiger partial charge in [-0.05, 0) is 19.3 Å². The molecule has 0 saturated carbocycles. The standard InChI is InChI=1S/C11H23NO2/c1-4-5-6-9(2)10(3)12-8-7-11(13)14/h9-10,12H,4-8H2,1-3H3,(H,13,14). The first-order valence-corrected chi connectivity index (χ1v) is 5.53. The smallest absolute Gasteiger partial charge is 0.304 e. The van der Waals surface area contributed by atoms with E-state index in [0.717, 1.165) is 0 Å². The predicted molar refractivity (Wildman–Crippen MR) is 58.4 cm³/mol. The lowest BCUT2D eigenvalue weighted by Gasteiger charge is -2.20. The average Bonchev–Trinajstić information content (AvgIpc) is 2.13. The van der Waals surface area contributed by atoms with Crippen LogP contribution >= 0.6 is 0 Å². The van der Waals surface area contributed by atoms with E-state index in [2.05, 4.69) is 26.1 Å². The molecule has 0 aromatic rings. The molecule has 0 spiro atoms. The number of hydrogen-bond acceptors (Lipinski definition) is 2. The Morgan fingerprint density at radius 2 is 2.07 bits per heavy atom. The third kappa shape index (κ3) is 6.89. The monoisotopic (exact) mass is 201 g/mol. The molecule has 3 nitrogen and oxygen atoms in total. The molecular weight excluding hydrogens is 178 g/mol. The topological polar surface area (TPSA) is 49.3 Å². The highest BCUT2D eigenvalue weighted by molar-refractivity contribution is 5.66. The van der Waals surface area contributed by atoms with Crippen molar-refractivity contribution < 1.29 is 9.90 Å². The molecule has 0 amide bonds. The molecule has 0 heterocycles. The fraction of sp³-hybridized carbons (Fsp3) is 0.909. The van der Waals surface area contributed by atoms with Crippen molar-refractivity contribution in [1.82, 2.24) is 5.32 Å². The van der Waals surface area contributed by atoms with Crippen LogP contribution in [0.2, 0.25) is 0 Å². The van der Waals surface area contributed by atoms with Crippen molar-refractivity contribution in [3.63, 3.8) is 0 Å². The molecule has 0 rings (SSSR count). The van der Waals surface area contributed by atoms with Crippen molar-refractivity contribution in [2.45, 2.75) is 52.5 Å². The number of aliphatic carboxylic acids is 1. The normalized spacial score (nSPS) is 15.1. The van der Waals surface area contributed by atoms with Crippen LogP contribution in [0, 0.1) is 5.92 Å². The van der Waals surface area contributed by atoms with Gasteiger partial charge in [0.05, 0.1) is 6.42 Å². The van der Waals surface area contributed by atoms with Gasteiger partial charge in [0.1, 0.15) is 0 Å². The summed E-state index contributed by atoms with van der Waals surface area (Å²) in [4.78, 5) is 10.3. The van der Waals surface area contributed by atoms with Crippen molar-refractivity contribution in [2.75, 3.05) is 6.54 Å². The Morgan fingerprint density at radius 3 is 2.57 bits per heavy atom. The van der Waals surface area contributed by atoms with E-state index in [0.29, 0.717) is 18.5 Å². The van der Waals surface area contributed by atoms with Gasteiger partial charge in [-0.2, -0.15) is 0 Å². The van der Waals surface area contributed by atoms with Crippen LogP contribution in [0.25, 0.3) is 0 Å². The summed E-state index contributed by atoms with van der Waals surface area (Å²) in [5.41, 5.74) is 0. The van der Waals surface area contributed by atoms with E-state index in [1.54, 1.807) is 0 Å². The summed E-state index contributed by atoms with van der Waals surface area (Å²) in [7, 11) is 0. The first-order chi connectivity index (χ1) is 6.57. The van der Waals surface area contributed by atoms with Crippen LogP contribution in [0.1, 0.15) is 46.5 Å². The Morgan fingerprint density at radius 1 is 1.43 bits per heavy atom. The van der Waals surface area contributed by atoms with Gasteiger partial charge in [-0.3, -0.25) is 4.79 Å². The number of unbranched alkanes of at least 4 members (excludes halogenated alkanes) is 1. The molecule has 0 bridgehead atoms. The summed E-state index contributed by atoms with van der Waals surface area (Å²) in [6, 6.07) is 0.418. The molecule has 14 heavy (non-hydrogen) atoms. The second-order valence-corrected chi connectivity index (χ2v) is 4.01. The summed E-state index contributed by atoms with van der Waals surface area (Å²) < 4.78 is 0. The van der Waals surface area contributed by atoms with Crippen molar-refractivity contribution >= 4 is 5.97 Å². The quantitative estimate of drug-likeness (QED) is 0.633. The Bertz CT molecular complexity index is 159. The number of hydrogen-bond donors (Lipinski definition) is 2. The SMILES string of the molecule is CCCCC(C)C(C)NCCC(=O)O. The second-order valence-electron chi connectivity index (χ2n) is 4.01. The minimum atomic E-state index is -0.731. The van der Waals surface area contributed by atoms with Crippen molar-refractivity contribution in [1.29, 1.82) is 0 Å². The summed E-state index contributed by atoms with van der Waals surface area (Å²) in [5.74, 6) is -0.102. The number of rotatable bonds is 8. The van der Waals surface area contributed by atoms with Crippen LogP contribution in [0.3, 0.4) is 0 Å². The van der Waals surface area contributed by atoms with E-state index in [-0.39, 0.29) is 6.42 Å². The van der Waals surface area contributed by atoms with Crippen LogP contribution in [-0.4, -0.2) is 23.7 Å². The molecule has 3 heteroatoms. The number of carboxylic acids is 1. The molecule has 0 aliphatic rings. The molecule has 0 saturated heterocycles. The van der Waals surface area contributed by atoms with E-state index >= 15 is 0 Å². The van der Waals surface area contributed by atoms with Gasteiger partial charge in [0.2, 0.25) is 0 Å². The minimum Gasteiger partial charge on any atom is -0.481 e. The highest BCUT2D eigenvalue weighted by atomic mass is 16.4. The maximum Gasteiger partial charge on any atom is 0.304 e. The second kappa shape index (κ2) is 7.80. The summed E-state index contributed by atoms with van der Waals surface area (Å²) in [6.07, 6.45) is 3.92. The zero-order valence-corrected chi connectivity index (χ0v) is 9.55. The van der Waals surface area contributed by atoms with Crippen LogP contribution in [0.15, 0.2) is 0 Å². The molecule has 2 N–H and O–H groups in total. The van der Waals surface area contributed by atoms with Gasteiger partial charge < -0.3 is 10.4 Å². The van der Waals surface area contributed by atoms with Gasteiger partial charge in [-0.25, -0.2) is 0 Å². The van der Waals surface area contributed by atoms with Crippen molar-refractivity contribution in [3.8, 4) is 0 Å². The van der Waals surface area contributed by atoms with Crippen LogP contribution in [0.4, 0.5) is 0 Å². The highest BCUT2D eigenvalue weighted by Crippen LogP contribution is 2.11. The van der Waals surface area contributed by atoms with Crippen LogP contribution in [-0.2, 0) is 4.79 Å². The Kier molecular flexibility index (Phi) is 7.48. The first kappa shape index (κ1) is 13.4. The number of nitrogens with one attached hydrogen (secondary N) is 1. The van der Waals surface area contributed by atoms with E-state index < -0.39 is 5.97 Å². The third-order valence-corrected chi connectivity index (χ3v) is 2.67. The first-order valence-electron chi connectivity index (χ1n) is 5.53. The van der Waals surface area contributed by atoms with Crippen molar-refractivity contribution in [3.05, 3.63) is 0 Å². The van der Waals surface area contributed by atoms with Gasteiger partial charge in [-0.1, -0.05) is 26.7 Å².